The molecule has 1 heterocycles. The van der Waals surface area contributed by atoms with E-state index in [2.05, 4.69) is 21.2 Å². The maximum Gasteiger partial charge on any atom is 0.226 e. The van der Waals surface area contributed by atoms with Crippen molar-refractivity contribution >= 4 is 31.9 Å². The molecule has 8 heteroatoms. The van der Waals surface area contributed by atoms with Crippen LogP contribution in [-0.2, 0) is 19.6 Å². The lowest BCUT2D eigenvalue weighted by Gasteiger charge is -2.59. The van der Waals surface area contributed by atoms with Gasteiger partial charge in [-0.1, -0.05) is 15.9 Å². The minimum absolute atomic E-state index is 0.0267. The molecule has 1 N–H and O–H groups in total. The highest BCUT2D eigenvalue weighted by Gasteiger charge is 2.59. The number of halogens is 1. The topological polar surface area (TPSA) is 75.7 Å². The predicted molar refractivity (Wildman–Crippen MR) is 98.0 cm³/mol. The van der Waals surface area contributed by atoms with Crippen LogP contribution in [0.15, 0.2) is 0 Å². The summed E-state index contributed by atoms with van der Waals surface area (Å²) >= 11 is 3.92. The van der Waals surface area contributed by atoms with Crippen molar-refractivity contribution in [3.8, 4) is 0 Å². The van der Waals surface area contributed by atoms with Crippen LogP contribution in [-0.4, -0.2) is 61.6 Å². The lowest BCUT2D eigenvalue weighted by Crippen LogP contribution is -2.58. The fourth-order valence-electron chi connectivity index (χ4n) is 5.85. The first kappa shape index (κ1) is 18.2. The molecular weight excluding hydrogens is 408 g/mol. The summed E-state index contributed by atoms with van der Waals surface area (Å²) in [5, 5.41) is 2.96. The summed E-state index contributed by atoms with van der Waals surface area (Å²) in [6.07, 6.45) is 6.47. The first-order chi connectivity index (χ1) is 11.8. The molecule has 0 aromatic rings. The van der Waals surface area contributed by atoms with Gasteiger partial charge in [0.25, 0.3) is 0 Å². The molecule has 5 rings (SSSR count). The number of nitrogens with one attached hydrogen (secondary N) is 1. The second-order valence-corrected chi connectivity index (χ2v) is 12.2. The second-order valence-electron chi connectivity index (χ2n) is 8.48. The number of hydrogen-bond acceptors (Lipinski definition) is 4. The molecule has 0 spiro atoms. The number of morpholine rings is 1. The molecule has 25 heavy (non-hydrogen) atoms. The molecule has 4 saturated carbocycles. The Balaban J connectivity index is 1.35. The van der Waals surface area contributed by atoms with Crippen LogP contribution in [0.5, 0.6) is 0 Å². The molecule has 4 bridgehead atoms. The Morgan fingerprint density at radius 1 is 1.16 bits per heavy atom. The molecular formula is C17H27BrN2O4S. The SMILES string of the molecule is O=C(NCCS(=O)(=O)N1CCOCC1)C12CC3CC(CC(Br)(C3)C1)C2. The molecule has 6 nitrogen and oxygen atoms in total. The average Bonchev–Trinajstić information content (AvgIpc) is 2.53. The van der Waals surface area contributed by atoms with Crippen LogP contribution < -0.4 is 5.32 Å². The Morgan fingerprint density at radius 3 is 2.40 bits per heavy atom. The van der Waals surface area contributed by atoms with Crippen molar-refractivity contribution in [2.45, 2.75) is 42.8 Å². The van der Waals surface area contributed by atoms with Crippen LogP contribution in [0, 0.1) is 17.3 Å². The Hall–Kier alpha value is -0.180. The summed E-state index contributed by atoms with van der Waals surface area (Å²) in [6.45, 7) is 1.92. The standard InChI is InChI=1S/C17H27BrN2O4S/c18-17-10-13-7-14(11-17)9-16(8-13,12-17)15(21)19-1-6-25(22,23)20-2-4-24-5-3-20/h13-14H,1-12H2,(H,19,21). The molecule has 2 atom stereocenters. The van der Waals surface area contributed by atoms with E-state index >= 15 is 0 Å². The van der Waals surface area contributed by atoms with Crippen molar-refractivity contribution in [1.29, 1.82) is 0 Å². The third-order valence-corrected chi connectivity index (χ3v) is 9.28. The van der Waals surface area contributed by atoms with Gasteiger partial charge in [-0.25, -0.2) is 8.42 Å². The number of nitrogens with zero attached hydrogens (tertiary/aromatic N) is 1. The van der Waals surface area contributed by atoms with Crippen molar-refractivity contribution in [3.05, 3.63) is 0 Å². The van der Waals surface area contributed by atoms with E-state index in [-0.39, 0.29) is 27.9 Å². The number of alkyl halides is 1. The third-order valence-electron chi connectivity index (χ3n) is 6.48. The third kappa shape index (κ3) is 3.51. The van der Waals surface area contributed by atoms with E-state index in [9.17, 15) is 13.2 Å². The van der Waals surface area contributed by atoms with Crippen molar-refractivity contribution in [3.63, 3.8) is 0 Å². The van der Waals surface area contributed by atoms with Gasteiger partial charge in [0.2, 0.25) is 15.9 Å². The van der Waals surface area contributed by atoms with E-state index in [1.165, 1.54) is 23.6 Å². The molecule has 1 amide bonds. The number of carbonyl (C=O) groups is 1. The summed E-state index contributed by atoms with van der Waals surface area (Å²) in [4.78, 5) is 12.9. The summed E-state index contributed by atoms with van der Waals surface area (Å²) in [6, 6.07) is 0. The normalized spacial score (nSPS) is 41.0. The van der Waals surface area contributed by atoms with Crippen LogP contribution in [0.25, 0.3) is 0 Å². The zero-order valence-electron chi connectivity index (χ0n) is 14.5. The van der Waals surface area contributed by atoms with Crippen molar-refractivity contribution in [2.75, 3.05) is 38.6 Å². The van der Waals surface area contributed by atoms with Gasteiger partial charge in [0, 0.05) is 24.0 Å². The number of ether oxygens (including phenoxy) is 1. The molecule has 0 aromatic carbocycles. The number of carbonyl (C=O) groups excluding carboxylic acids is 1. The van der Waals surface area contributed by atoms with E-state index in [1.54, 1.807) is 0 Å². The van der Waals surface area contributed by atoms with Gasteiger partial charge in [0.1, 0.15) is 0 Å². The van der Waals surface area contributed by atoms with Crippen LogP contribution in [0.3, 0.4) is 0 Å². The Morgan fingerprint density at radius 2 is 1.80 bits per heavy atom. The van der Waals surface area contributed by atoms with Crippen molar-refractivity contribution < 1.29 is 17.9 Å². The van der Waals surface area contributed by atoms with Gasteiger partial charge in [0.15, 0.2) is 0 Å². The molecule has 0 radical (unpaired) electrons. The molecule has 142 valence electrons. The fourth-order valence-corrected chi connectivity index (χ4v) is 8.63. The highest BCUT2D eigenvalue weighted by Crippen LogP contribution is 2.64. The van der Waals surface area contributed by atoms with Crippen molar-refractivity contribution in [2.24, 2.45) is 17.3 Å². The van der Waals surface area contributed by atoms with Gasteiger partial charge < -0.3 is 10.1 Å². The summed E-state index contributed by atoms with van der Waals surface area (Å²) in [5.74, 6) is 1.33. The fraction of sp³-hybridized carbons (Fsp3) is 0.941. The summed E-state index contributed by atoms with van der Waals surface area (Å²) < 4.78 is 31.6. The largest absolute Gasteiger partial charge is 0.379 e. The van der Waals surface area contributed by atoms with Gasteiger partial charge in [-0.2, -0.15) is 4.31 Å². The van der Waals surface area contributed by atoms with E-state index < -0.39 is 10.0 Å². The molecule has 4 aliphatic carbocycles. The van der Waals surface area contributed by atoms with Gasteiger partial charge in [-0.3, -0.25) is 4.79 Å². The lowest BCUT2D eigenvalue weighted by molar-refractivity contribution is -0.143. The minimum atomic E-state index is -3.32. The molecule has 5 aliphatic rings. The number of rotatable bonds is 5. The van der Waals surface area contributed by atoms with E-state index in [0.717, 1.165) is 19.3 Å². The summed E-state index contributed by atoms with van der Waals surface area (Å²) in [7, 11) is -3.32. The monoisotopic (exact) mass is 434 g/mol. The maximum atomic E-state index is 12.9. The number of sulfonamides is 1. The maximum absolute atomic E-state index is 12.9. The molecule has 1 saturated heterocycles. The quantitative estimate of drug-likeness (QED) is 0.665. The van der Waals surface area contributed by atoms with E-state index in [1.807, 2.05) is 0 Å². The van der Waals surface area contributed by atoms with Crippen LogP contribution in [0.2, 0.25) is 0 Å². The molecule has 5 fully saturated rings. The number of hydrogen-bond donors (Lipinski definition) is 1. The van der Waals surface area contributed by atoms with Gasteiger partial charge >= 0.3 is 0 Å². The zero-order chi connectivity index (χ0) is 17.7. The molecule has 0 aromatic heterocycles. The zero-order valence-corrected chi connectivity index (χ0v) is 16.9. The van der Waals surface area contributed by atoms with Gasteiger partial charge in [-0.15, -0.1) is 0 Å². The Kier molecular flexibility index (Phi) is 4.70. The van der Waals surface area contributed by atoms with Crippen molar-refractivity contribution in [1.82, 2.24) is 9.62 Å². The Labute approximate surface area is 158 Å². The number of amides is 1. The van der Waals surface area contributed by atoms with Crippen LogP contribution in [0.1, 0.15) is 38.5 Å². The van der Waals surface area contributed by atoms with E-state index in [4.69, 9.17) is 4.74 Å². The van der Waals surface area contributed by atoms with Crippen LogP contribution >= 0.6 is 15.9 Å². The smallest absolute Gasteiger partial charge is 0.226 e. The first-order valence-corrected chi connectivity index (χ1v) is 11.7. The second kappa shape index (κ2) is 6.46. The van der Waals surface area contributed by atoms with Crippen LogP contribution in [0.4, 0.5) is 0 Å². The molecule has 2 unspecified atom stereocenters. The molecule has 1 aliphatic heterocycles. The highest BCUT2D eigenvalue weighted by atomic mass is 79.9. The van der Waals surface area contributed by atoms with Gasteiger partial charge in [0.05, 0.1) is 24.4 Å². The predicted octanol–water partition coefficient (Wildman–Crippen LogP) is 1.50. The lowest BCUT2D eigenvalue weighted by atomic mass is 9.49. The first-order valence-electron chi connectivity index (χ1n) is 9.33. The minimum Gasteiger partial charge on any atom is -0.379 e. The Bertz CT molecular complexity index is 633. The highest BCUT2D eigenvalue weighted by molar-refractivity contribution is 9.10. The summed E-state index contributed by atoms with van der Waals surface area (Å²) in [5.41, 5.74) is -0.281. The average molecular weight is 435 g/mol. The van der Waals surface area contributed by atoms with E-state index in [0.29, 0.717) is 38.1 Å². The van der Waals surface area contributed by atoms with Gasteiger partial charge in [-0.05, 0) is 50.4 Å².